The molecule has 4 rings (SSSR count). The van der Waals surface area contributed by atoms with Crippen LogP contribution in [0.2, 0.25) is 0 Å². The number of Topliss-reactive ketones (excluding diaryl/α,β-unsaturated/α-hetero) is 1. The molecule has 0 aliphatic heterocycles. The number of halogens is 1. The molecule has 0 fully saturated rings. The molecule has 28 heavy (non-hydrogen) atoms. The van der Waals surface area contributed by atoms with Gasteiger partial charge in [0.15, 0.2) is 11.6 Å². The second kappa shape index (κ2) is 7.16. The summed E-state index contributed by atoms with van der Waals surface area (Å²) in [5.41, 5.74) is 3.13. The molecule has 0 aliphatic rings. The minimum absolute atomic E-state index is 0.00562. The molecule has 0 radical (unpaired) electrons. The van der Waals surface area contributed by atoms with Gasteiger partial charge in [0.05, 0.1) is 0 Å². The monoisotopic (exact) mass is 440 g/mol. The Morgan fingerprint density at radius 1 is 1.14 bits per heavy atom. The van der Waals surface area contributed by atoms with Gasteiger partial charge in [-0.05, 0) is 56.3 Å². The predicted octanol–water partition coefficient (Wildman–Crippen LogP) is 3.69. The van der Waals surface area contributed by atoms with Crippen LogP contribution in [-0.4, -0.2) is 35.7 Å². The van der Waals surface area contributed by atoms with Crippen molar-refractivity contribution in [1.29, 1.82) is 0 Å². The Morgan fingerprint density at radius 2 is 1.89 bits per heavy atom. The molecule has 0 aliphatic carbocycles. The fraction of sp³-hybridized carbons (Fsp3) is 0.211. The van der Waals surface area contributed by atoms with Crippen LogP contribution in [0, 0.1) is 20.8 Å². The number of hydrogen-bond donors (Lipinski definition) is 0. The van der Waals surface area contributed by atoms with E-state index >= 15 is 0 Å². The fourth-order valence-electron chi connectivity index (χ4n) is 3.09. The second-order valence-electron chi connectivity index (χ2n) is 6.49. The molecule has 3 heterocycles. The molecule has 0 bridgehead atoms. The van der Waals surface area contributed by atoms with Crippen molar-refractivity contribution in [1.82, 2.24) is 29.9 Å². The van der Waals surface area contributed by atoms with Crippen molar-refractivity contribution < 1.29 is 9.32 Å². The smallest absolute Gasteiger partial charge is 0.204 e. The van der Waals surface area contributed by atoms with Crippen molar-refractivity contribution in [2.75, 3.05) is 0 Å². The first-order valence-electron chi connectivity index (χ1n) is 8.62. The average Bonchev–Trinajstić information content (AvgIpc) is 3.35. The van der Waals surface area contributed by atoms with E-state index in [0.29, 0.717) is 23.0 Å². The number of benzene rings is 1. The number of carbonyl (C=O) groups excluding carboxylic acids is 1. The van der Waals surface area contributed by atoms with Gasteiger partial charge in [0.1, 0.15) is 12.3 Å². The lowest BCUT2D eigenvalue weighted by atomic mass is 10.1. The van der Waals surface area contributed by atoms with Crippen LogP contribution in [0.15, 0.2) is 45.4 Å². The van der Waals surface area contributed by atoms with Crippen LogP contribution in [0.25, 0.3) is 17.2 Å². The van der Waals surface area contributed by atoms with Crippen molar-refractivity contribution in [2.45, 2.75) is 27.3 Å². The molecule has 1 aromatic carbocycles. The van der Waals surface area contributed by atoms with E-state index in [0.717, 1.165) is 21.4 Å². The number of rotatable bonds is 5. The Morgan fingerprint density at radius 3 is 2.57 bits per heavy atom. The lowest BCUT2D eigenvalue weighted by Gasteiger charge is -2.05. The number of aromatic nitrogens is 6. The summed E-state index contributed by atoms with van der Waals surface area (Å²) < 4.78 is 8.02. The van der Waals surface area contributed by atoms with E-state index in [1.165, 1.54) is 4.80 Å². The minimum Gasteiger partial charge on any atom is -0.360 e. The molecule has 3 aromatic heterocycles. The Balaban J connectivity index is 1.57. The lowest BCUT2D eigenvalue weighted by Crippen LogP contribution is -2.14. The van der Waals surface area contributed by atoms with Gasteiger partial charge in [-0.25, -0.2) is 0 Å². The van der Waals surface area contributed by atoms with Gasteiger partial charge in [0, 0.05) is 33.1 Å². The third-order valence-corrected chi connectivity index (χ3v) is 4.95. The Bertz CT molecular complexity index is 1160. The topological polar surface area (TPSA) is 91.6 Å². The van der Waals surface area contributed by atoms with Crippen LogP contribution in [0.1, 0.15) is 27.5 Å². The molecule has 4 aromatic rings. The third-order valence-electron chi connectivity index (χ3n) is 4.42. The zero-order chi connectivity index (χ0) is 19.8. The van der Waals surface area contributed by atoms with E-state index in [-0.39, 0.29) is 12.3 Å². The maximum Gasteiger partial charge on any atom is 0.204 e. The molecule has 142 valence electrons. The van der Waals surface area contributed by atoms with E-state index in [4.69, 9.17) is 4.52 Å². The summed E-state index contributed by atoms with van der Waals surface area (Å²) in [4.78, 5) is 14.1. The van der Waals surface area contributed by atoms with Crippen LogP contribution < -0.4 is 0 Å². The van der Waals surface area contributed by atoms with Crippen LogP contribution in [0.5, 0.6) is 0 Å². The summed E-state index contributed by atoms with van der Waals surface area (Å²) in [5, 5.41) is 16.4. The highest BCUT2D eigenvalue weighted by molar-refractivity contribution is 9.10. The van der Waals surface area contributed by atoms with E-state index < -0.39 is 0 Å². The SMILES string of the molecule is Cc1cc(-n2c(C)cc(C(=O)Cn3nnc(-c4ccc(Br)cc4)n3)c2C)no1. The highest BCUT2D eigenvalue weighted by Crippen LogP contribution is 2.22. The number of hydrogen-bond acceptors (Lipinski definition) is 6. The van der Waals surface area contributed by atoms with Crippen LogP contribution in [0.3, 0.4) is 0 Å². The van der Waals surface area contributed by atoms with Crippen LogP contribution >= 0.6 is 15.9 Å². The Hall–Kier alpha value is -3.07. The van der Waals surface area contributed by atoms with Crippen LogP contribution in [0.4, 0.5) is 0 Å². The second-order valence-corrected chi connectivity index (χ2v) is 7.41. The fourth-order valence-corrected chi connectivity index (χ4v) is 3.36. The average molecular weight is 441 g/mol. The molecule has 0 N–H and O–H groups in total. The van der Waals surface area contributed by atoms with Gasteiger partial charge in [-0.3, -0.25) is 9.36 Å². The number of carbonyl (C=O) groups is 1. The van der Waals surface area contributed by atoms with Crippen molar-refractivity contribution >= 4 is 21.7 Å². The van der Waals surface area contributed by atoms with Gasteiger partial charge < -0.3 is 4.52 Å². The molecule has 0 saturated carbocycles. The molecule has 0 amide bonds. The summed E-state index contributed by atoms with van der Waals surface area (Å²) in [5.74, 6) is 1.74. The van der Waals surface area contributed by atoms with Crippen molar-refractivity contribution in [3.05, 3.63) is 63.6 Å². The molecule has 0 atom stereocenters. The highest BCUT2D eigenvalue weighted by Gasteiger charge is 2.19. The Kier molecular flexibility index (Phi) is 4.68. The van der Waals surface area contributed by atoms with Crippen molar-refractivity contribution in [2.24, 2.45) is 0 Å². The molecular formula is C19H17BrN6O2. The van der Waals surface area contributed by atoms with Crippen LogP contribution in [-0.2, 0) is 6.54 Å². The summed E-state index contributed by atoms with van der Waals surface area (Å²) >= 11 is 3.40. The van der Waals surface area contributed by atoms with Gasteiger partial charge in [-0.15, -0.1) is 10.2 Å². The quantitative estimate of drug-likeness (QED) is 0.439. The zero-order valence-electron chi connectivity index (χ0n) is 15.5. The number of aryl methyl sites for hydroxylation is 2. The third kappa shape index (κ3) is 3.40. The summed E-state index contributed by atoms with van der Waals surface area (Å²) in [6.45, 7) is 5.64. The van der Waals surface area contributed by atoms with Gasteiger partial charge >= 0.3 is 0 Å². The maximum atomic E-state index is 12.8. The predicted molar refractivity (Wildman–Crippen MR) is 105 cm³/mol. The number of ketones is 1. The van der Waals surface area contributed by atoms with E-state index in [2.05, 4.69) is 36.5 Å². The molecule has 0 spiro atoms. The zero-order valence-corrected chi connectivity index (χ0v) is 17.1. The molecule has 0 saturated heterocycles. The summed E-state index contributed by atoms with van der Waals surface area (Å²) in [6.07, 6.45) is 0. The maximum absolute atomic E-state index is 12.8. The van der Waals surface area contributed by atoms with Gasteiger partial charge in [0.2, 0.25) is 5.82 Å². The van der Waals surface area contributed by atoms with E-state index in [1.807, 2.05) is 61.7 Å². The minimum atomic E-state index is -0.0978. The standard InChI is InChI=1S/C19H17BrN6O2/c1-11-8-16(13(3)26(11)18-9-12(2)28-23-18)17(27)10-25-22-19(21-24-25)14-4-6-15(20)7-5-14/h4-9H,10H2,1-3H3. The first-order valence-corrected chi connectivity index (χ1v) is 9.41. The first-order chi connectivity index (χ1) is 13.4. The highest BCUT2D eigenvalue weighted by atomic mass is 79.9. The van der Waals surface area contributed by atoms with Gasteiger partial charge in [-0.2, -0.15) is 4.80 Å². The van der Waals surface area contributed by atoms with E-state index in [1.54, 1.807) is 0 Å². The van der Waals surface area contributed by atoms with Gasteiger partial charge in [0.25, 0.3) is 0 Å². The molecule has 9 heteroatoms. The van der Waals surface area contributed by atoms with Gasteiger partial charge in [-0.1, -0.05) is 21.1 Å². The first kappa shape index (κ1) is 18.3. The summed E-state index contributed by atoms with van der Waals surface area (Å²) in [6, 6.07) is 11.3. The normalized spacial score (nSPS) is 11.1. The van der Waals surface area contributed by atoms with Crippen molar-refractivity contribution in [3.8, 4) is 17.2 Å². The lowest BCUT2D eigenvalue weighted by molar-refractivity contribution is 0.0961. The molecular weight excluding hydrogens is 424 g/mol. The van der Waals surface area contributed by atoms with E-state index in [9.17, 15) is 4.79 Å². The molecule has 8 nitrogen and oxygen atoms in total. The number of nitrogens with zero attached hydrogens (tertiary/aromatic N) is 6. The Labute approximate surface area is 169 Å². The number of tetrazole rings is 1. The largest absolute Gasteiger partial charge is 0.360 e. The van der Waals surface area contributed by atoms with Crippen molar-refractivity contribution in [3.63, 3.8) is 0 Å². The summed E-state index contributed by atoms with van der Waals surface area (Å²) in [7, 11) is 0. The molecule has 0 unspecified atom stereocenters.